The molecule has 1 saturated heterocycles. The number of thiophene rings is 1. The lowest BCUT2D eigenvalue weighted by Crippen LogP contribution is -2.48. The van der Waals surface area contributed by atoms with Crippen LogP contribution in [0.15, 0.2) is 24.3 Å². The average molecular weight is 425 g/mol. The van der Waals surface area contributed by atoms with Gasteiger partial charge in [-0.25, -0.2) is 0 Å². The van der Waals surface area contributed by atoms with Crippen molar-refractivity contribution >= 4 is 27.9 Å². The van der Waals surface area contributed by atoms with Gasteiger partial charge in [0.25, 0.3) is 0 Å². The molecule has 0 saturated carbocycles. The Labute approximate surface area is 182 Å². The number of carbonyl (C=O) groups is 1. The summed E-state index contributed by atoms with van der Waals surface area (Å²) in [5.74, 6) is 1.48. The number of nitrogens with zero attached hydrogens (tertiary/aromatic N) is 3. The summed E-state index contributed by atoms with van der Waals surface area (Å²) in [5, 5.41) is 13.4. The van der Waals surface area contributed by atoms with E-state index < -0.39 is 0 Å². The molecule has 1 aromatic carbocycles. The van der Waals surface area contributed by atoms with Crippen molar-refractivity contribution in [1.29, 1.82) is 5.26 Å². The Morgan fingerprint density at radius 2 is 2.07 bits per heavy atom. The van der Waals surface area contributed by atoms with Crippen LogP contribution < -0.4 is 15.0 Å². The van der Waals surface area contributed by atoms with E-state index in [0.29, 0.717) is 18.0 Å². The van der Waals surface area contributed by atoms with Crippen LogP contribution in [0.2, 0.25) is 0 Å². The minimum absolute atomic E-state index is 0.0381. The number of carbonyl (C=O) groups excluding carboxylic acids is 1. The second kappa shape index (κ2) is 9.07. The molecule has 0 unspecified atom stereocenters. The van der Waals surface area contributed by atoms with Gasteiger partial charge in [0, 0.05) is 31.1 Å². The van der Waals surface area contributed by atoms with Crippen LogP contribution in [0.25, 0.3) is 0 Å². The number of anilines is 2. The summed E-state index contributed by atoms with van der Waals surface area (Å²) in [6.07, 6.45) is 3.06. The van der Waals surface area contributed by atoms with Crippen LogP contribution in [-0.2, 0) is 17.6 Å². The van der Waals surface area contributed by atoms with Crippen molar-refractivity contribution in [3.05, 3.63) is 40.3 Å². The number of piperazine rings is 1. The molecule has 2 aliphatic rings. The molecule has 7 heteroatoms. The third-order valence-electron chi connectivity index (χ3n) is 6.04. The summed E-state index contributed by atoms with van der Waals surface area (Å²) in [5.41, 5.74) is 2.93. The van der Waals surface area contributed by atoms with E-state index >= 15 is 0 Å². The first-order chi connectivity index (χ1) is 14.6. The predicted molar refractivity (Wildman–Crippen MR) is 120 cm³/mol. The molecule has 6 nitrogen and oxygen atoms in total. The SMILES string of the molecule is COc1ccccc1N1CCN(CC(=O)Nc2sc3c(c2C#N)CC[C@H](C)C3)CC1. The number of para-hydroxylation sites is 2. The van der Waals surface area contributed by atoms with Gasteiger partial charge in [-0.2, -0.15) is 5.26 Å². The molecule has 1 fully saturated rings. The summed E-state index contributed by atoms with van der Waals surface area (Å²) in [6.45, 7) is 5.93. The smallest absolute Gasteiger partial charge is 0.239 e. The van der Waals surface area contributed by atoms with E-state index in [-0.39, 0.29) is 5.91 Å². The summed E-state index contributed by atoms with van der Waals surface area (Å²) >= 11 is 1.59. The van der Waals surface area contributed by atoms with Crippen LogP contribution in [0, 0.1) is 17.2 Å². The maximum Gasteiger partial charge on any atom is 0.239 e. The third kappa shape index (κ3) is 4.30. The number of nitriles is 1. The third-order valence-corrected chi connectivity index (χ3v) is 7.21. The van der Waals surface area contributed by atoms with Gasteiger partial charge in [-0.05, 0) is 42.9 Å². The predicted octanol–water partition coefficient (Wildman–Crippen LogP) is 3.51. The molecule has 1 amide bonds. The Bertz CT molecular complexity index is 957. The highest BCUT2D eigenvalue weighted by Crippen LogP contribution is 2.39. The molecule has 2 aromatic rings. The highest BCUT2D eigenvalue weighted by Gasteiger charge is 2.26. The molecule has 0 spiro atoms. The highest BCUT2D eigenvalue weighted by atomic mass is 32.1. The Kier molecular flexibility index (Phi) is 6.26. The molecule has 30 heavy (non-hydrogen) atoms. The van der Waals surface area contributed by atoms with Crippen molar-refractivity contribution in [1.82, 2.24) is 4.90 Å². The van der Waals surface area contributed by atoms with Gasteiger partial charge in [0.1, 0.15) is 16.8 Å². The van der Waals surface area contributed by atoms with Gasteiger partial charge in [-0.3, -0.25) is 9.69 Å². The van der Waals surface area contributed by atoms with Crippen molar-refractivity contribution in [2.24, 2.45) is 5.92 Å². The molecule has 1 aliphatic carbocycles. The van der Waals surface area contributed by atoms with Gasteiger partial charge in [0.05, 0.1) is 24.9 Å². The fourth-order valence-corrected chi connectivity index (χ4v) is 5.74. The monoisotopic (exact) mass is 424 g/mol. The lowest BCUT2D eigenvalue weighted by molar-refractivity contribution is -0.117. The van der Waals surface area contributed by atoms with E-state index in [1.165, 1.54) is 4.88 Å². The van der Waals surface area contributed by atoms with E-state index in [4.69, 9.17) is 4.74 Å². The van der Waals surface area contributed by atoms with Crippen LogP contribution in [0.4, 0.5) is 10.7 Å². The first-order valence-corrected chi connectivity index (χ1v) is 11.4. The van der Waals surface area contributed by atoms with Gasteiger partial charge >= 0.3 is 0 Å². The number of nitrogens with one attached hydrogen (secondary N) is 1. The Morgan fingerprint density at radius 1 is 1.30 bits per heavy atom. The zero-order valence-electron chi connectivity index (χ0n) is 17.6. The maximum atomic E-state index is 12.7. The number of ether oxygens (including phenoxy) is 1. The van der Waals surface area contributed by atoms with Crippen LogP contribution >= 0.6 is 11.3 Å². The van der Waals surface area contributed by atoms with Crippen molar-refractivity contribution in [2.45, 2.75) is 26.2 Å². The second-order valence-electron chi connectivity index (χ2n) is 8.15. The molecule has 2 heterocycles. The van der Waals surface area contributed by atoms with Gasteiger partial charge in [0.2, 0.25) is 5.91 Å². The van der Waals surface area contributed by atoms with Gasteiger partial charge in [-0.15, -0.1) is 11.3 Å². The number of methoxy groups -OCH3 is 1. The number of rotatable bonds is 5. The molecular formula is C23H28N4O2S. The van der Waals surface area contributed by atoms with Crippen LogP contribution in [-0.4, -0.2) is 50.6 Å². The molecule has 0 radical (unpaired) electrons. The summed E-state index contributed by atoms with van der Waals surface area (Å²) in [7, 11) is 1.69. The summed E-state index contributed by atoms with van der Waals surface area (Å²) in [6, 6.07) is 10.4. The van der Waals surface area contributed by atoms with E-state index in [1.807, 2.05) is 18.2 Å². The largest absolute Gasteiger partial charge is 0.495 e. The standard InChI is InChI=1S/C23H28N4O2S/c1-16-7-8-17-18(14-24)23(30-21(17)13-16)25-22(28)15-26-9-11-27(12-10-26)19-5-3-4-6-20(19)29-2/h3-6,16H,7-13,15H2,1-2H3,(H,25,28)/t16-/m0/s1. The lowest BCUT2D eigenvalue weighted by Gasteiger charge is -2.36. The number of hydrogen-bond acceptors (Lipinski definition) is 6. The second-order valence-corrected chi connectivity index (χ2v) is 9.26. The fourth-order valence-electron chi connectivity index (χ4n) is 4.36. The van der Waals surface area contributed by atoms with E-state index in [1.54, 1.807) is 18.4 Å². The lowest BCUT2D eigenvalue weighted by atomic mass is 9.89. The summed E-state index contributed by atoms with van der Waals surface area (Å²) in [4.78, 5) is 18.4. The normalized spacial score (nSPS) is 19.1. The van der Waals surface area contributed by atoms with Crippen molar-refractivity contribution in [3.8, 4) is 11.8 Å². The van der Waals surface area contributed by atoms with E-state index in [2.05, 4.69) is 34.2 Å². The van der Waals surface area contributed by atoms with Crippen LogP contribution in [0.1, 0.15) is 29.3 Å². The Morgan fingerprint density at radius 3 is 2.80 bits per heavy atom. The van der Waals surface area contributed by atoms with Gasteiger partial charge in [0.15, 0.2) is 0 Å². The number of fused-ring (bicyclic) bond motifs is 1. The van der Waals surface area contributed by atoms with E-state index in [9.17, 15) is 10.1 Å². The first-order valence-electron chi connectivity index (χ1n) is 10.5. The average Bonchev–Trinajstić information content (AvgIpc) is 3.09. The quantitative estimate of drug-likeness (QED) is 0.795. The molecule has 1 atom stereocenters. The molecule has 1 N–H and O–H groups in total. The topological polar surface area (TPSA) is 68.6 Å². The highest BCUT2D eigenvalue weighted by molar-refractivity contribution is 7.16. The van der Waals surface area contributed by atoms with Crippen molar-refractivity contribution in [2.75, 3.05) is 50.1 Å². The van der Waals surface area contributed by atoms with E-state index in [0.717, 1.165) is 67.4 Å². The molecule has 1 aromatic heterocycles. The molecule has 4 rings (SSSR count). The van der Waals surface area contributed by atoms with Crippen molar-refractivity contribution in [3.63, 3.8) is 0 Å². The Balaban J connectivity index is 1.34. The Hall–Kier alpha value is -2.56. The fraction of sp³-hybridized carbons (Fsp3) is 0.478. The van der Waals surface area contributed by atoms with Gasteiger partial charge < -0.3 is 15.0 Å². The molecule has 158 valence electrons. The van der Waals surface area contributed by atoms with Crippen molar-refractivity contribution < 1.29 is 9.53 Å². The molecule has 1 aliphatic heterocycles. The molecular weight excluding hydrogens is 396 g/mol. The van der Waals surface area contributed by atoms with Crippen LogP contribution in [0.5, 0.6) is 5.75 Å². The number of hydrogen-bond donors (Lipinski definition) is 1. The minimum Gasteiger partial charge on any atom is -0.495 e. The van der Waals surface area contributed by atoms with Gasteiger partial charge in [-0.1, -0.05) is 19.1 Å². The zero-order valence-corrected chi connectivity index (χ0v) is 18.4. The summed E-state index contributed by atoms with van der Waals surface area (Å²) < 4.78 is 5.47. The zero-order chi connectivity index (χ0) is 21.1. The number of benzene rings is 1. The maximum absolute atomic E-state index is 12.7. The first kappa shape index (κ1) is 20.7. The number of amides is 1. The minimum atomic E-state index is -0.0381. The molecule has 0 bridgehead atoms. The van der Waals surface area contributed by atoms with Crippen LogP contribution in [0.3, 0.4) is 0 Å².